The highest BCUT2D eigenvalue weighted by molar-refractivity contribution is 7.89. The molecule has 0 spiro atoms. The van der Waals surface area contributed by atoms with Gasteiger partial charge in [-0.15, -0.1) is 0 Å². The molecule has 0 bridgehead atoms. The molecule has 1 N–H and O–H groups in total. The van der Waals surface area contributed by atoms with Gasteiger partial charge in [0.15, 0.2) is 0 Å². The smallest absolute Gasteiger partial charge is 0.230 e. The number of piperidine rings is 1. The molecule has 3 rings (SSSR count). The first-order valence-corrected chi connectivity index (χ1v) is 12.1. The molecular weight excluding hydrogens is 400 g/mol. The van der Waals surface area contributed by atoms with Gasteiger partial charge in [0.1, 0.15) is 0 Å². The number of carbonyl (C=O) groups excluding carboxylic acids is 1. The molecular formula is C22H32N4O3S. The Balaban J connectivity index is 1.76. The summed E-state index contributed by atoms with van der Waals surface area (Å²) in [4.78, 5) is 13.4. The summed E-state index contributed by atoms with van der Waals surface area (Å²) in [6, 6.07) is 9.74. The second kappa shape index (κ2) is 8.89. The number of aryl methyl sites for hydroxylation is 2. The van der Waals surface area contributed by atoms with Crippen LogP contribution in [0.25, 0.3) is 0 Å². The van der Waals surface area contributed by atoms with Gasteiger partial charge in [0.05, 0.1) is 16.9 Å². The molecule has 0 atom stereocenters. The molecule has 2 heterocycles. The number of amides is 1. The minimum Gasteiger partial charge on any atom is -0.355 e. The average Bonchev–Trinajstić information content (AvgIpc) is 3.00. The van der Waals surface area contributed by atoms with E-state index in [-0.39, 0.29) is 11.7 Å². The first-order chi connectivity index (χ1) is 14.2. The van der Waals surface area contributed by atoms with Crippen LogP contribution >= 0.6 is 0 Å². The summed E-state index contributed by atoms with van der Waals surface area (Å²) >= 11 is 0. The minimum atomic E-state index is -3.25. The van der Waals surface area contributed by atoms with E-state index < -0.39 is 15.4 Å². The lowest BCUT2D eigenvalue weighted by atomic mass is 9.72. The number of sulfonamides is 1. The van der Waals surface area contributed by atoms with Crippen LogP contribution in [0.2, 0.25) is 0 Å². The highest BCUT2D eigenvalue weighted by atomic mass is 32.2. The van der Waals surface area contributed by atoms with E-state index >= 15 is 0 Å². The Labute approximate surface area is 179 Å². The van der Waals surface area contributed by atoms with Crippen LogP contribution in [0, 0.1) is 13.8 Å². The molecule has 8 heteroatoms. The third kappa shape index (κ3) is 4.30. The molecule has 30 heavy (non-hydrogen) atoms. The van der Waals surface area contributed by atoms with Gasteiger partial charge in [0, 0.05) is 32.4 Å². The highest BCUT2D eigenvalue weighted by Crippen LogP contribution is 2.36. The number of nitrogens with one attached hydrogen (secondary N) is 1. The van der Waals surface area contributed by atoms with Crippen molar-refractivity contribution in [3.8, 4) is 0 Å². The highest BCUT2D eigenvalue weighted by Gasteiger charge is 2.44. The summed E-state index contributed by atoms with van der Waals surface area (Å²) in [7, 11) is -1.32. The molecule has 0 unspecified atom stereocenters. The molecule has 0 saturated carbocycles. The van der Waals surface area contributed by atoms with Crippen LogP contribution < -0.4 is 5.32 Å². The molecule has 7 nitrogen and oxygen atoms in total. The topological polar surface area (TPSA) is 84.3 Å². The molecule has 1 aliphatic rings. The lowest BCUT2D eigenvalue weighted by molar-refractivity contribution is -0.128. The van der Waals surface area contributed by atoms with Crippen molar-refractivity contribution in [3.63, 3.8) is 0 Å². The van der Waals surface area contributed by atoms with E-state index in [0.717, 1.165) is 28.9 Å². The maximum atomic E-state index is 13.4. The van der Waals surface area contributed by atoms with Gasteiger partial charge in [0.2, 0.25) is 15.9 Å². The zero-order chi connectivity index (χ0) is 21.9. The summed E-state index contributed by atoms with van der Waals surface area (Å²) in [5, 5.41) is 7.57. The predicted molar refractivity (Wildman–Crippen MR) is 118 cm³/mol. The Morgan fingerprint density at radius 3 is 2.33 bits per heavy atom. The van der Waals surface area contributed by atoms with Crippen molar-refractivity contribution < 1.29 is 13.2 Å². The molecule has 1 aliphatic heterocycles. The number of hydrogen-bond donors (Lipinski definition) is 1. The number of nitrogens with zero attached hydrogens (tertiary/aromatic N) is 3. The van der Waals surface area contributed by atoms with Crippen molar-refractivity contribution in [1.82, 2.24) is 19.4 Å². The number of carbonyl (C=O) groups is 1. The quantitative estimate of drug-likeness (QED) is 0.726. The van der Waals surface area contributed by atoms with Crippen LogP contribution in [-0.2, 0) is 33.7 Å². The van der Waals surface area contributed by atoms with Crippen molar-refractivity contribution in [1.29, 1.82) is 0 Å². The Morgan fingerprint density at radius 1 is 1.17 bits per heavy atom. The largest absolute Gasteiger partial charge is 0.355 e. The van der Waals surface area contributed by atoms with Crippen molar-refractivity contribution in [2.24, 2.45) is 7.05 Å². The Morgan fingerprint density at radius 2 is 1.80 bits per heavy atom. The van der Waals surface area contributed by atoms with E-state index in [4.69, 9.17) is 0 Å². The molecule has 0 aliphatic carbocycles. The summed E-state index contributed by atoms with van der Waals surface area (Å²) in [6.07, 6.45) is 1.68. The Kier molecular flexibility index (Phi) is 6.67. The van der Waals surface area contributed by atoms with Gasteiger partial charge >= 0.3 is 0 Å². The van der Waals surface area contributed by atoms with Crippen molar-refractivity contribution in [2.45, 2.75) is 45.4 Å². The van der Waals surface area contributed by atoms with Crippen LogP contribution in [0.1, 0.15) is 42.3 Å². The standard InChI is InChI=1S/C22H32N4O3S/c1-5-30(28,29)26-15-12-22(13-16-26,19-9-7-6-8-10-19)21(27)23-14-11-20-17(2)24-25(4)18(20)3/h6-10H,5,11-16H2,1-4H3,(H,23,27). The van der Waals surface area contributed by atoms with E-state index in [1.54, 1.807) is 6.92 Å². The monoisotopic (exact) mass is 432 g/mol. The van der Waals surface area contributed by atoms with E-state index in [1.165, 1.54) is 4.31 Å². The molecule has 0 radical (unpaired) electrons. The van der Waals surface area contributed by atoms with Crippen molar-refractivity contribution in [3.05, 3.63) is 52.8 Å². The van der Waals surface area contributed by atoms with E-state index in [9.17, 15) is 13.2 Å². The molecule has 1 aromatic carbocycles. The molecule has 2 aromatic rings. The first kappa shape index (κ1) is 22.5. The van der Waals surface area contributed by atoms with Gasteiger partial charge in [-0.1, -0.05) is 30.3 Å². The van der Waals surface area contributed by atoms with Crippen LogP contribution in [0.15, 0.2) is 30.3 Å². The van der Waals surface area contributed by atoms with E-state index in [1.807, 2.05) is 55.9 Å². The molecule has 1 amide bonds. The fourth-order valence-electron chi connectivity index (χ4n) is 4.38. The third-order valence-corrected chi connectivity index (χ3v) is 8.30. The second-order valence-electron chi connectivity index (χ2n) is 8.03. The predicted octanol–water partition coefficient (Wildman–Crippen LogP) is 2.08. The number of benzene rings is 1. The minimum absolute atomic E-state index is 0.0264. The van der Waals surface area contributed by atoms with Gasteiger partial charge in [-0.2, -0.15) is 5.10 Å². The Hall–Kier alpha value is -2.19. The van der Waals surface area contributed by atoms with Crippen molar-refractivity contribution in [2.75, 3.05) is 25.4 Å². The van der Waals surface area contributed by atoms with E-state index in [2.05, 4.69) is 10.4 Å². The summed E-state index contributed by atoms with van der Waals surface area (Å²) in [5.74, 6) is 0.0582. The van der Waals surface area contributed by atoms with Gasteiger partial charge in [0.25, 0.3) is 0 Å². The maximum Gasteiger partial charge on any atom is 0.230 e. The van der Waals surface area contributed by atoms with Crippen LogP contribution in [0.3, 0.4) is 0 Å². The third-order valence-electron chi connectivity index (χ3n) is 6.41. The second-order valence-corrected chi connectivity index (χ2v) is 10.3. The number of hydrogen-bond acceptors (Lipinski definition) is 4. The molecule has 1 fully saturated rings. The summed E-state index contributed by atoms with van der Waals surface area (Å²) in [6.45, 7) is 6.92. The zero-order valence-electron chi connectivity index (χ0n) is 18.3. The lowest BCUT2D eigenvalue weighted by Crippen LogP contribution is -2.53. The van der Waals surface area contributed by atoms with Gasteiger partial charge < -0.3 is 5.32 Å². The molecule has 164 valence electrons. The fourth-order valence-corrected chi connectivity index (χ4v) is 5.49. The Bertz CT molecular complexity index is 991. The van der Waals surface area contributed by atoms with Gasteiger partial charge in [-0.3, -0.25) is 9.48 Å². The van der Waals surface area contributed by atoms with Crippen molar-refractivity contribution >= 4 is 15.9 Å². The number of rotatable bonds is 7. The normalized spacial score (nSPS) is 17.1. The average molecular weight is 433 g/mol. The van der Waals surface area contributed by atoms with Crippen LogP contribution in [0.4, 0.5) is 0 Å². The fraction of sp³-hybridized carbons (Fsp3) is 0.545. The summed E-state index contributed by atoms with van der Waals surface area (Å²) < 4.78 is 27.9. The first-order valence-electron chi connectivity index (χ1n) is 10.5. The van der Waals surface area contributed by atoms with Gasteiger partial charge in [-0.05, 0) is 51.2 Å². The molecule has 1 saturated heterocycles. The number of aromatic nitrogens is 2. The van der Waals surface area contributed by atoms with Crippen LogP contribution in [-0.4, -0.2) is 53.8 Å². The molecule has 1 aromatic heterocycles. The van der Waals surface area contributed by atoms with E-state index in [0.29, 0.717) is 32.5 Å². The SMILES string of the molecule is CCS(=O)(=O)N1CCC(C(=O)NCCc2c(C)nn(C)c2C)(c2ccccc2)CC1. The van der Waals surface area contributed by atoms with Gasteiger partial charge in [-0.25, -0.2) is 12.7 Å². The lowest BCUT2D eigenvalue weighted by Gasteiger charge is -2.40. The maximum absolute atomic E-state index is 13.4. The van der Waals surface area contributed by atoms with Crippen LogP contribution in [0.5, 0.6) is 0 Å². The zero-order valence-corrected chi connectivity index (χ0v) is 19.1. The summed E-state index contributed by atoms with van der Waals surface area (Å²) in [5.41, 5.74) is 3.50.